The Hall–Kier alpha value is -3.14. The van der Waals surface area contributed by atoms with Gasteiger partial charge >= 0.3 is 5.97 Å². The number of nitrogens with zero attached hydrogens (tertiary/aromatic N) is 2. The number of carboxylic acid groups (broad SMARTS) is 1. The molecule has 2 aromatic rings. The van der Waals surface area contributed by atoms with Crippen LogP contribution in [0.4, 0.5) is 5.69 Å². The van der Waals surface area contributed by atoms with Crippen molar-refractivity contribution in [1.29, 1.82) is 5.26 Å². The van der Waals surface area contributed by atoms with Gasteiger partial charge in [-0.05, 0) is 17.7 Å². The molecule has 0 unspecified atom stereocenters. The standard InChI is InChI=1S/C13H9N3O4/c14-6-5-8-1-3-9(4-2-8)15-12(17)10-7-11(13(18)19)20-16-10/h1-4,7H,5H2,(H,15,17)(H,18,19). The second-order valence-corrected chi connectivity index (χ2v) is 3.87. The number of hydrogen-bond donors (Lipinski definition) is 2. The van der Waals surface area contributed by atoms with E-state index in [0.717, 1.165) is 11.6 Å². The molecule has 7 nitrogen and oxygen atoms in total. The summed E-state index contributed by atoms with van der Waals surface area (Å²) in [6.45, 7) is 0. The van der Waals surface area contributed by atoms with Crippen molar-refractivity contribution in [2.75, 3.05) is 5.32 Å². The van der Waals surface area contributed by atoms with E-state index in [-0.39, 0.29) is 5.69 Å². The van der Waals surface area contributed by atoms with Gasteiger partial charge in [0.25, 0.3) is 5.91 Å². The number of aromatic carboxylic acids is 1. The first kappa shape index (κ1) is 13.3. The third-order valence-corrected chi connectivity index (χ3v) is 2.45. The van der Waals surface area contributed by atoms with Gasteiger partial charge in [0.15, 0.2) is 5.69 Å². The van der Waals surface area contributed by atoms with Crippen molar-refractivity contribution in [3.8, 4) is 6.07 Å². The van der Waals surface area contributed by atoms with Crippen LogP contribution in [0.2, 0.25) is 0 Å². The molecule has 2 N–H and O–H groups in total. The molecule has 2 rings (SSSR count). The maximum absolute atomic E-state index is 11.8. The molecular weight excluding hydrogens is 262 g/mol. The molecule has 0 aliphatic carbocycles. The number of nitriles is 1. The summed E-state index contributed by atoms with van der Waals surface area (Å²) in [5, 5.41) is 23.1. The highest BCUT2D eigenvalue weighted by molar-refractivity contribution is 6.03. The third-order valence-electron chi connectivity index (χ3n) is 2.45. The van der Waals surface area contributed by atoms with Crippen LogP contribution in [0.1, 0.15) is 26.6 Å². The summed E-state index contributed by atoms with van der Waals surface area (Å²) in [6, 6.07) is 9.77. The van der Waals surface area contributed by atoms with Gasteiger partial charge in [0.1, 0.15) is 0 Å². The van der Waals surface area contributed by atoms with E-state index in [4.69, 9.17) is 10.4 Å². The van der Waals surface area contributed by atoms with Crippen molar-refractivity contribution in [2.24, 2.45) is 0 Å². The smallest absolute Gasteiger partial charge is 0.374 e. The van der Waals surface area contributed by atoms with Gasteiger partial charge in [-0.1, -0.05) is 17.3 Å². The fraction of sp³-hybridized carbons (Fsp3) is 0.0769. The van der Waals surface area contributed by atoms with E-state index in [1.807, 2.05) is 6.07 Å². The van der Waals surface area contributed by atoms with Crippen LogP contribution in [0, 0.1) is 11.3 Å². The number of carbonyl (C=O) groups excluding carboxylic acids is 1. The van der Waals surface area contributed by atoms with Gasteiger partial charge in [0, 0.05) is 11.8 Å². The number of amides is 1. The van der Waals surface area contributed by atoms with Crippen molar-refractivity contribution in [2.45, 2.75) is 6.42 Å². The second-order valence-electron chi connectivity index (χ2n) is 3.87. The van der Waals surface area contributed by atoms with E-state index in [9.17, 15) is 9.59 Å². The summed E-state index contributed by atoms with van der Waals surface area (Å²) >= 11 is 0. The number of anilines is 1. The first-order valence-electron chi connectivity index (χ1n) is 5.57. The Morgan fingerprint density at radius 3 is 2.60 bits per heavy atom. The molecule has 7 heteroatoms. The minimum absolute atomic E-state index is 0.122. The van der Waals surface area contributed by atoms with Crippen molar-refractivity contribution in [3.05, 3.63) is 47.3 Å². The molecule has 1 amide bonds. The SMILES string of the molecule is N#CCc1ccc(NC(=O)c2cc(C(=O)O)on2)cc1. The summed E-state index contributed by atoms with van der Waals surface area (Å²) in [5.74, 6) is -2.27. The quantitative estimate of drug-likeness (QED) is 0.873. The maximum atomic E-state index is 11.8. The Balaban J connectivity index is 2.07. The van der Waals surface area contributed by atoms with Crippen LogP contribution in [0.5, 0.6) is 0 Å². The van der Waals surface area contributed by atoms with Gasteiger partial charge < -0.3 is 14.9 Å². The molecular formula is C13H9N3O4. The van der Waals surface area contributed by atoms with Crippen molar-refractivity contribution in [1.82, 2.24) is 5.16 Å². The van der Waals surface area contributed by atoms with E-state index in [1.54, 1.807) is 24.3 Å². The predicted octanol–water partition coefficient (Wildman–Crippen LogP) is 1.69. The summed E-state index contributed by atoms with van der Waals surface area (Å²) in [6.07, 6.45) is 0.291. The molecule has 0 bridgehead atoms. The fourth-order valence-corrected chi connectivity index (χ4v) is 1.48. The summed E-state index contributed by atoms with van der Waals surface area (Å²) in [5.41, 5.74) is 1.22. The fourth-order valence-electron chi connectivity index (χ4n) is 1.48. The Morgan fingerprint density at radius 2 is 2.05 bits per heavy atom. The highest BCUT2D eigenvalue weighted by Crippen LogP contribution is 2.12. The molecule has 1 heterocycles. The topological polar surface area (TPSA) is 116 Å². The molecule has 0 aliphatic heterocycles. The van der Waals surface area contributed by atoms with Crippen molar-refractivity contribution >= 4 is 17.6 Å². The lowest BCUT2D eigenvalue weighted by molar-refractivity contribution is 0.0651. The molecule has 0 fully saturated rings. The molecule has 100 valence electrons. The normalized spacial score (nSPS) is 9.75. The summed E-state index contributed by atoms with van der Waals surface area (Å²) in [4.78, 5) is 22.4. The van der Waals surface area contributed by atoms with Crippen molar-refractivity contribution < 1.29 is 19.2 Å². The number of hydrogen-bond acceptors (Lipinski definition) is 5. The number of nitrogens with one attached hydrogen (secondary N) is 1. The molecule has 0 atom stereocenters. The lowest BCUT2D eigenvalue weighted by atomic mass is 10.1. The lowest BCUT2D eigenvalue weighted by Gasteiger charge is -2.03. The first-order valence-corrected chi connectivity index (χ1v) is 5.57. The van der Waals surface area contributed by atoms with Gasteiger partial charge in [-0.15, -0.1) is 0 Å². The highest BCUT2D eigenvalue weighted by Gasteiger charge is 2.16. The first-order chi connectivity index (χ1) is 9.60. The van der Waals surface area contributed by atoms with Crippen LogP contribution < -0.4 is 5.32 Å². The summed E-state index contributed by atoms with van der Waals surface area (Å²) in [7, 11) is 0. The molecule has 0 saturated heterocycles. The summed E-state index contributed by atoms with van der Waals surface area (Å²) < 4.78 is 4.49. The number of carboxylic acids is 1. The van der Waals surface area contributed by atoms with Crippen LogP contribution in [0.15, 0.2) is 34.9 Å². The molecule has 0 radical (unpaired) electrons. The van der Waals surface area contributed by atoms with Crippen LogP contribution in [-0.4, -0.2) is 22.1 Å². The van der Waals surface area contributed by atoms with Crippen molar-refractivity contribution in [3.63, 3.8) is 0 Å². The van der Waals surface area contributed by atoms with E-state index in [0.29, 0.717) is 12.1 Å². The average molecular weight is 271 g/mol. The van der Waals surface area contributed by atoms with Crippen LogP contribution in [0.25, 0.3) is 0 Å². The third kappa shape index (κ3) is 3.00. The zero-order chi connectivity index (χ0) is 14.5. The zero-order valence-corrected chi connectivity index (χ0v) is 10.2. The average Bonchev–Trinajstić information content (AvgIpc) is 2.91. The Labute approximate surface area is 113 Å². The van der Waals surface area contributed by atoms with E-state index in [1.165, 1.54) is 0 Å². The Kier molecular flexibility index (Phi) is 3.77. The van der Waals surface area contributed by atoms with Crippen LogP contribution >= 0.6 is 0 Å². The Bertz CT molecular complexity index is 682. The monoisotopic (exact) mass is 271 g/mol. The highest BCUT2D eigenvalue weighted by atomic mass is 16.5. The molecule has 1 aromatic heterocycles. The molecule has 20 heavy (non-hydrogen) atoms. The number of carbonyl (C=O) groups is 2. The van der Waals surface area contributed by atoms with Crippen LogP contribution in [0.3, 0.4) is 0 Å². The van der Waals surface area contributed by atoms with E-state index >= 15 is 0 Å². The number of aromatic nitrogens is 1. The zero-order valence-electron chi connectivity index (χ0n) is 10.2. The van der Waals surface area contributed by atoms with Gasteiger partial charge in [0.05, 0.1) is 12.5 Å². The molecule has 0 aliphatic rings. The van der Waals surface area contributed by atoms with E-state index in [2.05, 4.69) is 15.0 Å². The van der Waals surface area contributed by atoms with Crippen LogP contribution in [-0.2, 0) is 6.42 Å². The minimum Gasteiger partial charge on any atom is -0.475 e. The maximum Gasteiger partial charge on any atom is 0.374 e. The van der Waals surface area contributed by atoms with E-state index < -0.39 is 17.6 Å². The van der Waals surface area contributed by atoms with Gasteiger partial charge in [-0.25, -0.2) is 4.79 Å². The predicted molar refractivity (Wildman–Crippen MR) is 67.2 cm³/mol. The second kappa shape index (κ2) is 5.67. The van der Waals surface area contributed by atoms with Gasteiger partial charge in [-0.3, -0.25) is 4.79 Å². The van der Waals surface area contributed by atoms with Gasteiger partial charge in [-0.2, -0.15) is 5.26 Å². The lowest BCUT2D eigenvalue weighted by Crippen LogP contribution is -2.12. The molecule has 1 aromatic carbocycles. The number of rotatable bonds is 4. The number of benzene rings is 1. The van der Waals surface area contributed by atoms with Gasteiger partial charge in [0.2, 0.25) is 5.76 Å². The molecule has 0 spiro atoms. The largest absolute Gasteiger partial charge is 0.475 e. The molecule has 0 saturated carbocycles. The Morgan fingerprint density at radius 1 is 1.35 bits per heavy atom. The minimum atomic E-state index is -1.29.